The molecule has 2 bridgehead atoms. The van der Waals surface area contributed by atoms with Gasteiger partial charge in [0.2, 0.25) is 5.24 Å². The first-order valence-electron chi connectivity index (χ1n) is 5.04. The third kappa shape index (κ3) is 1.96. The molecule has 3 unspecified atom stereocenters. The normalized spacial score (nSPS) is 38.3. The Kier molecular flexibility index (Phi) is 2.46. The minimum Gasteiger partial charge on any atom is -0.281 e. The first kappa shape index (κ1) is 9.26. The van der Waals surface area contributed by atoms with Gasteiger partial charge in [0, 0.05) is 5.92 Å². The molecule has 0 spiro atoms. The van der Waals surface area contributed by atoms with E-state index in [-0.39, 0.29) is 11.2 Å². The van der Waals surface area contributed by atoms with E-state index in [4.69, 9.17) is 11.6 Å². The van der Waals surface area contributed by atoms with Crippen molar-refractivity contribution in [3.63, 3.8) is 0 Å². The molecule has 0 heterocycles. The number of halogens is 1. The van der Waals surface area contributed by atoms with Crippen molar-refractivity contribution in [1.29, 1.82) is 0 Å². The van der Waals surface area contributed by atoms with E-state index in [0.29, 0.717) is 5.92 Å². The van der Waals surface area contributed by atoms with E-state index < -0.39 is 0 Å². The number of hydrogen-bond acceptors (Lipinski definition) is 1. The topological polar surface area (TPSA) is 17.1 Å². The highest BCUT2D eigenvalue weighted by molar-refractivity contribution is 6.64. The van der Waals surface area contributed by atoms with Gasteiger partial charge in [-0.05, 0) is 49.1 Å². The van der Waals surface area contributed by atoms with Crippen LogP contribution >= 0.6 is 11.6 Å². The van der Waals surface area contributed by atoms with Crippen molar-refractivity contribution in [3.8, 4) is 0 Å². The van der Waals surface area contributed by atoms with E-state index in [9.17, 15) is 4.79 Å². The summed E-state index contributed by atoms with van der Waals surface area (Å²) in [7, 11) is 0. The van der Waals surface area contributed by atoms with Crippen LogP contribution in [0.2, 0.25) is 0 Å². The summed E-state index contributed by atoms with van der Waals surface area (Å²) >= 11 is 5.54. The fourth-order valence-electron chi connectivity index (χ4n) is 2.82. The van der Waals surface area contributed by atoms with Gasteiger partial charge in [-0.1, -0.05) is 18.6 Å². The Morgan fingerprint density at radius 1 is 1.46 bits per heavy atom. The quantitative estimate of drug-likeness (QED) is 0.468. The molecule has 13 heavy (non-hydrogen) atoms. The molecule has 0 N–H and O–H groups in total. The van der Waals surface area contributed by atoms with Gasteiger partial charge in [0.05, 0.1) is 0 Å². The van der Waals surface area contributed by atoms with Crippen molar-refractivity contribution in [2.45, 2.75) is 32.6 Å². The van der Waals surface area contributed by atoms with E-state index >= 15 is 0 Å². The Morgan fingerprint density at radius 2 is 2.23 bits per heavy atom. The minimum absolute atomic E-state index is 0.110. The van der Waals surface area contributed by atoms with Crippen molar-refractivity contribution in [1.82, 2.24) is 0 Å². The van der Waals surface area contributed by atoms with Gasteiger partial charge in [-0.2, -0.15) is 0 Å². The lowest BCUT2D eigenvalue weighted by atomic mass is 9.71. The molecule has 1 fully saturated rings. The van der Waals surface area contributed by atoms with Crippen molar-refractivity contribution in [2.75, 3.05) is 0 Å². The number of carbonyl (C=O) groups is 1. The van der Waals surface area contributed by atoms with Gasteiger partial charge in [0.15, 0.2) is 0 Å². The molecule has 0 aliphatic heterocycles. The maximum atomic E-state index is 11.0. The Morgan fingerprint density at radius 3 is 2.85 bits per heavy atom. The molecule has 0 aromatic rings. The van der Waals surface area contributed by atoms with Gasteiger partial charge < -0.3 is 0 Å². The van der Waals surface area contributed by atoms with Gasteiger partial charge in [-0.15, -0.1) is 0 Å². The number of hydrogen-bond donors (Lipinski definition) is 0. The van der Waals surface area contributed by atoms with Crippen LogP contribution in [-0.4, -0.2) is 5.24 Å². The second-order valence-electron chi connectivity index (χ2n) is 4.55. The number of fused-ring (bicyclic) bond motifs is 2. The summed E-state index contributed by atoms with van der Waals surface area (Å²) in [5.74, 6) is 1.54. The number of allylic oxidation sites excluding steroid dienone is 2. The Balaban J connectivity index is 2.13. The monoisotopic (exact) mass is 198 g/mol. The van der Waals surface area contributed by atoms with Gasteiger partial charge in [0.1, 0.15) is 0 Å². The van der Waals surface area contributed by atoms with Gasteiger partial charge in [-0.3, -0.25) is 4.79 Å². The summed E-state index contributed by atoms with van der Waals surface area (Å²) < 4.78 is 0. The zero-order chi connectivity index (χ0) is 9.42. The van der Waals surface area contributed by atoms with Crippen LogP contribution in [0.1, 0.15) is 32.6 Å². The van der Waals surface area contributed by atoms with Crippen LogP contribution in [0, 0.1) is 17.8 Å². The average Bonchev–Trinajstić information content (AvgIpc) is 2.01. The molecule has 3 atom stereocenters. The fraction of sp³-hybridized carbons (Fsp3) is 0.727. The van der Waals surface area contributed by atoms with Crippen LogP contribution in [0.25, 0.3) is 0 Å². The Hall–Kier alpha value is -0.300. The van der Waals surface area contributed by atoms with Crippen LogP contribution in [0.4, 0.5) is 0 Å². The summed E-state index contributed by atoms with van der Waals surface area (Å²) in [6, 6.07) is 0. The SMILES string of the molecule is CC1C=C2CC(C1)CC(C(=O)Cl)C2. The van der Waals surface area contributed by atoms with Gasteiger partial charge >= 0.3 is 0 Å². The fourth-order valence-corrected chi connectivity index (χ4v) is 2.99. The van der Waals surface area contributed by atoms with E-state index in [1.54, 1.807) is 0 Å². The first-order chi connectivity index (χ1) is 6.15. The largest absolute Gasteiger partial charge is 0.281 e. The van der Waals surface area contributed by atoms with E-state index in [0.717, 1.165) is 18.8 Å². The summed E-state index contributed by atoms with van der Waals surface area (Å²) in [5, 5.41) is -0.134. The second-order valence-corrected chi connectivity index (χ2v) is 4.92. The summed E-state index contributed by atoms with van der Waals surface area (Å²) in [6.45, 7) is 2.26. The lowest BCUT2D eigenvalue weighted by Crippen LogP contribution is -2.25. The van der Waals surface area contributed by atoms with E-state index in [2.05, 4.69) is 13.0 Å². The lowest BCUT2D eigenvalue weighted by molar-refractivity contribution is -0.116. The summed E-state index contributed by atoms with van der Waals surface area (Å²) in [4.78, 5) is 11.0. The zero-order valence-corrected chi connectivity index (χ0v) is 8.68. The molecule has 0 aromatic carbocycles. The standard InChI is InChI=1S/C11H15ClO/c1-7-2-8-4-9(3-7)6-10(5-8)11(12)13/h2,7,9-10H,3-6H2,1H3. The van der Waals surface area contributed by atoms with Crippen molar-refractivity contribution < 1.29 is 4.79 Å². The average molecular weight is 199 g/mol. The van der Waals surface area contributed by atoms with Crippen molar-refractivity contribution in [3.05, 3.63) is 11.6 Å². The smallest absolute Gasteiger partial charge is 0.225 e. The van der Waals surface area contributed by atoms with Crippen LogP contribution in [-0.2, 0) is 4.79 Å². The molecule has 1 nitrogen and oxygen atoms in total. The first-order valence-corrected chi connectivity index (χ1v) is 5.42. The molecule has 2 aliphatic rings. The second kappa shape index (κ2) is 3.45. The maximum absolute atomic E-state index is 11.0. The van der Waals surface area contributed by atoms with Crippen LogP contribution in [0.15, 0.2) is 11.6 Å². The summed E-state index contributed by atoms with van der Waals surface area (Å²) in [6.07, 6.45) is 6.73. The van der Waals surface area contributed by atoms with Crippen LogP contribution < -0.4 is 0 Å². The molecular formula is C11H15ClO. The van der Waals surface area contributed by atoms with E-state index in [1.807, 2.05) is 0 Å². The molecule has 0 radical (unpaired) electrons. The van der Waals surface area contributed by atoms with Crippen LogP contribution in [0.3, 0.4) is 0 Å². The molecule has 0 amide bonds. The zero-order valence-electron chi connectivity index (χ0n) is 7.92. The van der Waals surface area contributed by atoms with Crippen molar-refractivity contribution in [2.24, 2.45) is 17.8 Å². The number of rotatable bonds is 1. The molecule has 0 aromatic heterocycles. The Bertz CT molecular complexity index is 257. The predicted molar refractivity (Wildman–Crippen MR) is 53.6 cm³/mol. The third-order valence-electron chi connectivity index (χ3n) is 3.22. The molecule has 0 saturated heterocycles. The third-order valence-corrected chi connectivity index (χ3v) is 3.53. The van der Waals surface area contributed by atoms with Gasteiger partial charge in [0.25, 0.3) is 0 Å². The molecule has 2 aliphatic carbocycles. The molecule has 2 heteroatoms. The highest BCUT2D eigenvalue weighted by Gasteiger charge is 2.32. The molecule has 72 valence electrons. The molecule has 2 rings (SSSR count). The summed E-state index contributed by atoms with van der Waals surface area (Å²) in [5.41, 5.74) is 1.47. The maximum Gasteiger partial charge on any atom is 0.225 e. The predicted octanol–water partition coefficient (Wildman–Crippen LogP) is 3.13. The highest BCUT2D eigenvalue weighted by Crippen LogP contribution is 2.41. The van der Waals surface area contributed by atoms with Gasteiger partial charge in [-0.25, -0.2) is 0 Å². The van der Waals surface area contributed by atoms with E-state index in [1.165, 1.54) is 18.4 Å². The van der Waals surface area contributed by atoms with Crippen LogP contribution in [0.5, 0.6) is 0 Å². The minimum atomic E-state index is -0.134. The molecular weight excluding hydrogens is 184 g/mol. The Labute approximate surface area is 84.2 Å². The molecule has 1 saturated carbocycles. The number of carbonyl (C=O) groups excluding carboxylic acids is 1. The van der Waals surface area contributed by atoms with Crippen molar-refractivity contribution >= 4 is 16.8 Å². The lowest BCUT2D eigenvalue weighted by Gasteiger charge is -2.34. The highest BCUT2D eigenvalue weighted by atomic mass is 35.5.